The predicted molar refractivity (Wildman–Crippen MR) is 87.6 cm³/mol. The molecule has 1 unspecified atom stereocenters. The third-order valence-corrected chi connectivity index (χ3v) is 6.97. The van der Waals surface area contributed by atoms with Crippen molar-refractivity contribution in [2.75, 3.05) is 17.2 Å². The van der Waals surface area contributed by atoms with Crippen LogP contribution in [0.25, 0.3) is 0 Å². The molecule has 0 radical (unpaired) electrons. The van der Waals surface area contributed by atoms with E-state index in [1.54, 1.807) is 30.0 Å². The number of benzene rings is 2. The molecule has 0 saturated carbocycles. The number of fused-ring (bicyclic) bond motifs is 1. The topological polar surface area (TPSA) is 60.2 Å². The van der Waals surface area contributed by atoms with Crippen molar-refractivity contribution in [1.82, 2.24) is 0 Å². The van der Waals surface area contributed by atoms with Crippen molar-refractivity contribution in [1.29, 1.82) is 0 Å². The summed E-state index contributed by atoms with van der Waals surface area (Å²) in [5, 5.41) is 0. The van der Waals surface area contributed by atoms with Gasteiger partial charge in [0, 0.05) is 22.3 Å². The Hall–Kier alpha value is -1.46. The summed E-state index contributed by atoms with van der Waals surface area (Å²) < 4.78 is 25.4. The van der Waals surface area contributed by atoms with Gasteiger partial charge in [-0.1, -0.05) is 24.3 Å². The number of nitrogen functional groups attached to an aromatic ring is 1. The van der Waals surface area contributed by atoms with Gasteiger partial charge in [-0.3, -0.25) is 0 Å². The fourth-order valence-corrected chi connectivity index (χ4v) is 5.96. The molecule has 110 valence electrons. The molecule has 1 aliphatic heterocycles. The molecule has 0 aromatic heterocycles. The Balaban J connectivity index is 1.93. The van der Waals surface area contributed by atoms with Crippen molar-refractivity contribution in [3.8, 4) is 0 Å². The molecule has 0 bridgehead atoms. The van der Waals surface area contributed by atoms with Crippen LogP contribution in [-0.2, 0) is 9.84 Å². The highest BCUT2D eigenvalue weighted by molar-refractivity contribution is 7.99. The van der Waals surface area contributed by atoms with Gasteiger partial charge >= 0.3 is 0 Å². The third kappa shape index (κ3) is 2.80. The molecule has 2 aromatic rings. The van der Waals surface area contributed by atoms with Gasteiger partial charge in [-0.2, -0.15) is 0 Å². The Morgan fingerprint density at radius 2 is 2.00 bits per heavy atom. The number of rotatable bonds is 3. The first kappa shape index (κ1) is 14.5. The van der Waals surface area contributed by atoms with E-state index in [9.17, 15) is 8.42 Å². The van der Waals surface area contributed by atoms with Crippen LogP contribution in [0.15, 0.2) is 52.3 Å². The second-order valence-electron chi connectivity index (χ2n) is 5.35. The van der Waals surface area contributed by atoms with Crippen molar-refractivity contribution < 1.29 is 8.42 Å². The first-order valence-electron chi connectivity index (χ1n) is 6.78. The smallest absolute Gasteiger partial charge is 0.179 e. The van der Waals surface area contributed by atoms with E-state index in [1.807, 2.05) is 25.1 Å². The number of hydrogen-bond donors (Lipinski definition) is 1. The van der Waals surface area contributed by atoms with Crippen LogP contribution in [0, 0.1) is 6.92 Å². The van der Waals surface area contributed by atoms with E-state index in [4.69, 9.17) is 5.73 Å². The van der Waals surface area contributed by atoms with E-state index < -0.39 is 9.84 Å². The Morgan fingerprint density at radius 3 is 2.81 bits per heavy atom. The van der Waals surface area contributed by atoms with Crippen LogP contribution in [0.2, 0.25) is 0 Å². The maximum Gasteiger partial charge on any atom is 0.179 e. The predicted octanol–water partition coefficient (Wildman–Crippen LogP) is 3.24. The van der Waals surface area contributed by atoms with Gasteiger partial charge in [0.15, 0.2) is 9.84 Å². The highest BCUT2D eigenvalue weighted by Crippen LogP contribution is 2.40. The van der Waals surface area contributed by atoms with E-state index in [0.29, 0.717) is 10.6 Å². The van der Waals surface area contributed by atoms with Gasteiger partial charge in [0.1, 0.15) is 0 Å². The SMILES string of the molecule is Cc1ccc(N)cc1S(=O)(=O)CC1CSc2ccccc21. The quantitative estimate of drug-likeness (QED) is 0.882. The summed E-state index contributed by atoms with van der Waals surface area (Å²) in [5.74, 6) is 1.01. The molecule has 2 N–H and O–H groups in total. The molecule has 21 heavy (non-hydrogen) atoms. The van der Waals surface area contributed by atoms with Crippen molar-refractivity contribution >= 4 is 27.3 Å². The summed E-state index contributed by atoms with van der Waals surface area (Å²) in [6, 6.07) is 13.1. The lowest BCUT2D eigenvalue weighted by molar-refractivity contribution is 0.590. The molecule has 0 spiro atoms. The molecule has 0 fully saturated rings. The minimum atomic E-state index is -3.33. The van der Waals surface area contributed by atoms with E-state index >= 15 is 0 Å². The molecule has 1 atom stereocenters. The lowest BCUT2D eigenvalue weighted by Crippen LogP contribution is -2.16. The third-order valence-electron chi connectivity index (χ3n) is 3.77. The van der Waals surface area contributed by atoms with E-state index in [-0.39, 0.29) is 11.7 Å². The van der Waals surface area contributed by atoms with E-state index in [0.717, 1.165) is 16.9 Å². The number of thioether (sulfide) groups is 1. The summed E-state index contributed by atoms with van der Waals surface area (Å²) >= 11 is 1.73. The average molecular weight is 319 g/mol. The Morgan fingerprint density at radius 1 is 1.24 bits per heavy atom. The van der Waals surface area contributed by atoms with Gasteiger partial charge in [0.2, 0.25) is 0 Å². The van der Waals surface area contributed by atoms with Gasteiger partial charge in [-0.05, 0) is 36.2 Å². The minimum absolute atomic E-state index is 0.0528. The van der Waals surface area contributed by atoms with Gasteiger partial charge in [-0.25, -0.2) is 8.42 Å². The van der Waals surface area contributed by atoms with Crippen molar-refractivity contribution in [3.63, 3.8) is 0 Å². The number of aryl methyl sites for hydroxylation is 1. The Labute approximate surface area is 129 Å². The molecule has 2 aromatic carbocycles. The van der Waals surface area contributed by atoms with Gasteiger partial charge < -0.3 is 5.73 Å². The van der Waals surface area contributed by atoms with Gasteiger partial charge in [0.05, 0.1) is 10.6 Å². The Kier molecular flexibility index (Phi) is 3.71. The minimum Gasteiger partial charge on any atom is -0.399 e. The summed E-state index contributed by atoms with van der Waals surface area (Å²) in [5.41, 5.74) is 8.13. The number of nitrogens with two attached hydrogens (primary N) is 1. The first-order valence-corrected chi connectivity index (χ1v) is 9.42. The average Bonchev–Trinajstić information content (AvgIpc) is 2.84. The molecule has 1 aliphatic rings. The highest BCUT2D eigenvalue weighted by atomic mass is 32.2. The zero-order valence-electron chi connectivity index (χ0n) is 11.7. The molecule has 0 saturated heterocycles. The van der Waals surface area contributed by atoms with Crippen LogP contribution < -0.4 is 5.73 Å². The molecule has 5 heteroatoms. The van der Waals surface area contributed by atoms with Crippen LogP contribution in [0.1, 0.15) is 17.0 Å². The van der Waals surface area contributed by atoms with Crippen molar-refractivity contribution in [2.45, 2.75) is 22.6 Å². The van der Waals surface area contributed by atoms with Gasteiger partial charge in [-0.15, -0.1) is 11.8 Å². The zero-order valence-corrected chi connectivity index (χ0v) is 13.4. The lowest BCUT2D eigenvalue weighted by Gasteiger charge is -2.13. The zero-order chi connectivity index (χ0) is 15.0. The van der Waals surface area contributed by atoms with E-state index in [2.05, 4.69) is 6.07 Å². The summed E-state index contributed by atoms with van der Waals surface area (Å²) in [6.07, 6.45) is 0. The second kappa shape index (κ2) is 5.39. The summed E-state index contributed by atoms with van der Waals surface area (Å²) in [7, 11) is -3.33. The standard InChI is InChI=1S/C16H17NO2S2/c1-11-6-7-13(17)8-16(11)21(18,19)10-12-9-20-15-5-3-2-4-14(12)15/h2-8,12H,9-10,17H2,1H3. The monoisotopic (exact) mass is 319 g/mol. The molecular formula is C16H17NO2S2. The molecule has 3 nitrogen and oxygen atoms in total. The van der Waals surface area contributed by atoms with Crippen LogP contribution in [0.5, 0.6) is 0 Å². The maximum atomic E-state index is 12.7. The van der Waals surface area contributed by atoms with Crippen LogP contribution >= 0.6 is 11.8 Å². The number of hydrogen-bond acceptors (Lipinski definition) is 4. The summed E-state index contributed by atoms with van der Waals surface area (Å²) in [6.45, 7) is 1.81. The van der Waals surface area contributed by atoms with E-state index in [1.165, 1.54) is 4.90 Å². The molecule has 0 aliphatic carbocycles. The summed E-state index contributed by atoms with van der Waals surface area (Å²) in [4.78, 5) is 1.55. The van der Waals surface area contributed by atoms with Crippen LogP contribution in [0.4, 0.5) is 5.69 Å². The van der Waals surface area contributed by atoms with Crippen LogP contribution in [0.3, 0.4) is 0 Å². The largest absolute Gasteiger partial charge is 0.399 e. The molecule has 1 heterocycles. The van der Waals surface area contributed by atoms with Gasteiger partial charge in [0.25, 0.3) is 0 Å². The fraction of sp³-hybridized carbons (Fsp3) is 0.250. The molecular weight excluding hydrogens is 302 g/mol. The number of anilines is 1. The molecule has 0 amide bonds. The second-order valence-corrected chi connectivity index (χ2v) is 8.42. The Bertz CT molecular complexity index is 785. The van der Waals surface area contributed by atoms with Crippen LogP contribution in [-0.4, -0.2) is 19.9 Å². The van der Waals surface area contributed by atoms with Crippen molar-refractivity contribution in [3.05, 3.63) is 53.6 Å². The number of sulfone groups is 1. The fourth-order valence-electron chi connectivity index (χ4n) is 2.67. The lowest BCUT2D eigenvalue weighted by atomic mass is 10.0. The van der Waals surface area contributed by atoms with Crippen molar-refractivity contribution in [2.24, 2.45) is 0 Å². The first-order chi connectivity index (χ1) is 9.97. The highest BCUT2D eigenvalue weighted by Gasteiger charge is 2.29. The maximum absolute atomic E-state index is 12.7. The molecule has 3 rings (SSSR count). The normalized spacial score (nSPS) is 17.7.